The Bertz CT molecular complexity index is 674. The zero-order valence-corrected chi connectivity index (χ0v) is 15.6. The van der Waals surface area contributed by atoms with Crippen molar-refractivity contribution in [1.82, 2.24) is 14.5 Å². The first-order valence-corrected chi connectivity index (χ1v) is 8.58. The molecule has 3 nitrogen and oxygen atoms in total. The summed E-state index contributed by atoms with van der Waals surface area (Å²) in [6.45, 7) is 14.2. The van der Waals surface area contributed by atoms with Crippen LogP contribution in [0.2, 0.25) is 0 Å². The average molecular weight is 313 g/mol. The summed E-state index contributed by atoms with van der Waals surface area (Å²) in [4.78, 5) is 7.15. The molecular formula is C20H31N3. The van der Waals surface area contributed by atoms with Gasteiger partial charge < -0.3 is 9.47 Å². The number of hydrogen-bond acceptors (Lipinski definition) is 2. The topological polar surface area (TPSA) is 21.1 Å². The van der Waals surface area contributed by atoms with Gasteiger partial charge in [-0.15, -0.1) is 0 Å². The zero-order valence-electron chi connectivity index (χ0n) is 15.6. The number of rotatable bonds is 6. The van der Waals surface area contributed by atoms with E-state index in [1.54, 1.807) is 0 Å². The molecular weight excluding hydrogens is 282 g/mol. The number of likely N-dealkylation sites (N-methyl/N-ethyl adjacent to an activating group) is 1. The predicted octanol–water partition coefficient (Wildman–Crippen LogP) is 4.75. The van der Waals surface area contributed by atoms with Gasteiger partial charge in [0.05, 0.1) is 11.0 Å². The number of aryl methyl sites for hydroxylation is 1. The lowest BCUT2D eigenvalue weighted by Crippen LogP contribution is -2.27. The van der Waals surface area contributed by atoms with E-state index in [1.807, 2.05) is 6.92 Å². The van der Waals surface area contributed by atoms with Crippen molar-refractivity contribution in [2.45, 2.75) is 47.6 Å². The highest BCUT2D eigenvalue weighted by Crippen LogP contribution is 2.20. The van der Waals surface area contributed by atoms with Crippen LogP contribution in [0, 0.1) is 12.3 Å². The van der Waals surface area contributed by atoms with E-state index >= 15 is 0 Å². The molecule has 126 valence electrons. The molecule has 1 aromatic carbocycles. The van der Waals surface area contributed by atoms with Gasteiger partial charge in [-0.3, -0.25) is 0 Å². The molecule has 0 N–H and O–H groups in total. The number of fused-ring (bicyclic) bond motifs is 1. The highest BCUT2D eigenvalue weighted by molar-refractivity contribution is 5.79. The molecule has 0 unspecified atom stereocenters. The fraction of sp³-hybridized carbons (Fsp3) is 0.550. The second-order valence-electron chi connectivity index (χ2n) is 7.67. The van der Waals surface area contributed by atoms with Crippen LogP contribution in [0.25, 0.3) is 17.1 Å². The van der Waals surface area contributed by atoms with Gasteiger partial charge in [0.25, 0.3) is 0 Å². The first-order chi connectivity index (χ1) is 10.8. The minimum Gasteiger partial charge on any atom is -0.327 e. The van der Waals surface area contributed by atoms with Crippen molar-refractivity contribution in [2.75, 3.05) is 20.1 Å². The first-order valence-electron chi connectivity index (χ1n) is 8.58. The Kier molecular flexibility index (Phi) is 5.64. The summed E-state index contributed by atoms with van der Waals surface area (Å²) in [6, 6.07) is 6.53. The maximum absolute atomic E-state index is 4.73. The highest BCUT2D eigenvalue weighted by atomic mass is 15.1. The lowest BCUT2D eigenvalue weighted by atomic mass is 9.92. The normalized spacial score (nSPS) is 12.8. The molecule has 0 bridgehead atoms. The molecule has 2 rings (SSSR count). The van der Waals surface area contributed by atoms with E-state index < -0.39 is 0 Å². The molecule has 0 saturated heterocycles. The van der Waals surface area contributed by atoms with Crippen molar-refractivity contribution in [3.63, 3.8) is 0 Å². The van der Waals surface area contributed by atoms with E-state index in [2.05, 4.69) is 74.6 Å². The molecule has 3 heteroatoms. The Morgan fingerprint density at radius 3 is 2.61 bits per heavy atom. The minimum absolute atomic E-state index is 0.398. The van der Waals surface area contributed by atoms with E-state index in [1.165, 1.54) is 17.5 Å². The van der Waals surface area contributed by atoms with Crippen LogP contribution in [-0.4, -0.2) is 34.6 Å². The van der Waals surface area contributed by atoms with Crippen LogP contribution < -0.4 is 0 Å². The van der Waals surface area contributed by atoms with Crippen molar-refractivity contribution in [3.05, 3.63) is 35.7 Å². The molecule has 0 amide bonds. The van der Waals surface area contributed by atoms with E-state index in [-0.39, 0.29) is 0 Å². The van der Waals surface area contributed by atoms with Gasteiger partial charge in [-0.25, -0.2) is 4.98 Å². The Morgan fingerprint density at radius 1 is 1.22 bits per heavy atom. The lowest BCUT2D eigenvalue weighted by molar-refractivity contribution is 0.257. The lowest BCUT2D eigenvalue weighted by Gasteiger charge is -2.23. The molecule has 0 atom stereocenters. The number of benzene rings is 1. The van der Waals surface area contributed by atoms with E-state index in [0.29, 0.717) is 5.41 Å². The summed E-state index contributed by atoms with van der Waals surface area (Å²) in [6.07, 6.45) is 5.41. The molecule has 0 saturated carbocycles. The van der Waals surface area contributed by atoms with Crippen LogP contribution in [0.15, 0.2) is 24.3 Å². The smallest absolute Gasteiger partial charge is 0.106 e. The summed E-state index contributed by atoms with van der Waals surface area (Å²) in [5, 5.41) is 0. The molecule has 0 aliphatic heterocycles. The predicted molar refractivity (Wildman–Crippen MR) is 101 cm³/mol. The SMILES string of the molecule is C/C=C/c1ccc2c(c1)nc(C)n2CCN(C)CCC(C)(C)C. The molecule has 0 fully saturated rings. The average Bonchev–Trinajstić information content (AvgIpc) is 2.77. The summed E-state index contributed by atoms with van der Waals surface area (Å²) < 4.78 is 2.34. The van der Waals surface area contributed by atoms with Crippen molar-refractivity contribution in [1.29, 1.82) is 0 Å². The number of allylic oxidation sites excluding steroid dienone is 1. The Labute approximate surface area is 141 Å². The van der Waals surface area contributed by atoms with Crippen LogP contribution in [0.1, 0.15) is 45.5 Å². The number of nitrogens with zero attached hydrogens (tertiary/aromatic N) is 3. The van der Waals surface area contributed by atoms with Crippen LogP contribution in [0.5, 0.6) is 0 Å². The van der Waals surface area contributed by atoms with Gasteiger partial charge in [-0.05, 0) is 57.0 Å². The van der Waals surface area contributed by atoms with Gasteiger partial charge in [0, 0.05) is 13.1 Å². The molecule has 0 aliphatic carbocycles. The Morgan fingerprint density at radius 2 is 1.96 bits per heavy atom. The second-order valence-corrected chi connectivity index (χ2v) is 7.67. The highest BCUT2D eigenvalue weighted by Gasteiger charge is 2.12. The number of imidazole rings is 1. The standard InChI is InChI=1S/C20H31N3/c1-7-8-17-9-10-19-18(15-17)21-16(2)23(19)14-13-22(6)12-11-20(3,4)5/h7-10,15H,11-14H2,1-6H3/b8-7+. The van der Waals surface area contributed by atoms with Crippen molar-refractivity contribution in [2.24, 2.45) is 5.41 Å². The first kappa shape index (κ1) is 17.7. The summed E-state index contributed by atoms with van der Waals surface area (Å²) in [5.41, 5.74) is 3.94. The van der Waals surface area contributed by atoms with E-state index in [0.717, 1.165) is 31.0 Å². The third kappa shape index (κ3) is 4.93. The van der Waals surface area contributed by atoms with Gasteiger partial charge in [-0.1, -0.05) is 39.0 Å². The fourth-order valence-electron chi connectivity index (χ4n) is 2.75. The van der Waals surface area contributed by atoms with E-state index in [4.69, 9.17) is 4.98 Å². The number of aromatic nitrogens is 2. The molecule has 1 aromatic heterocycles. The molecule has 23 heavy (non-hydrogen) atoms. The van der Waals surface area contributed by atoms with Crippen molar-refractivity contribution < 1.29 is 0 Å². The second kappa shape index (κ2) is 7.31. The third-order valence-corrected chi connectivity index (χ3v) is 4.27. The van der Waals surface area contributed by atoms with Crippen LogP contribution in [0.4, 0.5) is 0 Å². The Hall–Kier alpha value is -1.61. The molecule has 1 heterocycles. The summed E-state index contributed by atoms with van der Waals surface area (Å²) in [5.74, 6) is 1.10. The molecule has 2 aromatic rings. The quantitative estimate of drug-likeness (QED) is 0.767. The van der Waals surface area contributed by atoms with Gasteiger partial charge in [0.1, 0.15) is 5.82 Å². The van der Waals surface area contributed by atoms with Crippen LogP contribution in [0.3, 0.4) is 0 Å². The minimum atomic E-state index is 0.398. The zero-order chi connectivity index (χ0) is 17.0. The van der Waals surface area contributed by atoms with Crippen LogP contribution >= 0.6 is 0 Å². The fourth-order valence-corrected chi connectivity index (χ4v) is 2.75. The largest absolute Gasteiger partial charge is 0.327 e. The van der Waals surface area contributed by atoms with Crippen molar-refractivity contribution >= 4 is 17.1 Å². The third-order valence-electron chi connectivity index (χ3n) is 4.27. The molecule has 0 radical (unpaired) electrons. The number of hydrogen-bond donors (Lipinski definition) is 0. The monoisotopic (exact) mass is 313 g/mol. The summed E-state index contributed by atoms with van der Waals surface area (Å²) in [7, 11) is 2.21. The molecule has 0 spiro atoms. The summed E-state index contributed by atoms with van der Waals surface area (Å²) >= 11 is 0. The van der Waals surface area contributed by atoms with E-state index in [9.17, 15) is 0 Å². The maximum Gasteiger partial charge on any atom is 0.106 e. The van der Waals surface area contributed by atoms with Gasteiger partial charge in [0.2, 0.25) is 0 Å². The van der Waals surface area contributed by atoms with Gasteiger partial charge in [0.15, 0.2) is 0 Å². The Balaban J connectivity index is 2.06. The van der Waals surface area contributed by atoms with Gasteiger partial charge in [-0.2, -0.15) is 0 Å². The van der Waals surface area contributed by atoms with Crippen molar-refractivity contribution in [3.8, 4) is 0 Å². The maximum atomic E-state index is 4.73. The van der Waals surface area contributed by atoms with Gasteiger partial charge >= 0.3 is 0 Å². The van der Waals surface area contributed by atoms with Crippen LogP contribution in [-0.2, 0) is 6.54 Å². The molecule has 0 aliphatic rings.